The van der Waals surface area contributed by atoms with Crippen LogP contribution in [0, 0.1) is 5.92 Å². The number of alkyl halides is 2. The van der Waals surface area contributed by atoms with Crippen molar-refractivity contribution in [3.8, 4) is 0 Å². The van der Waals surface area contributed by atoms with Gasteiger partial charge in [-0.2, -0.15) is 0 Å². The predicted molar refractivity (Wildman–Crippen MR) is 53.4 cm³/mol. The molecule has 0 saturated carbocycles. The van der Waals surface area contributed by atoms with Gasteiger partial charge < -0.3 is 10.6 Å². The maximum atomic E-state index is 12.8. The fraction of sp³-hybridized carbons (Fsp3) is 1.00. The van der Waals surface area contributed by atoms with E-state index in [0.717, 1.165) is 6.54 Å². The van der Waals surface area contributed by atoms with Gasteiger partial charge in [-0.05, 0) is 5.92 Å². The lowest BCUT2D eigenvalue weighted by Gasteiger charge is -2.34. The SMILES string of the molecule is CC(C)[C@H](N)CN1CCC(F)(F)CC1. The third-order valence-corrected chi connectivity index (χ3v) is 2.91. The van der Waals surface area contributed by atoms with E-state index in [4.69, 9.17) is 5.73 Å². The summed E-state index contributed by atoms with van der Waals surface area (Å²) in [5.74, 6) is -2.03. The molecule has 0 aromatic carbocycles. The average Bonchev–Trinajstić information content (AvgIpc) is 2.08. The summed E-state index contributed by atoms with van der Waals surface area (Å²) in [6.45, 7) is 5.82. The molecule has 0 spiro atoms. The highest BCUT2D eigenvalue weighted by atomic mass is 19.3. The molecule has 0 bridgehead atoms. The highest BCUT2D eigenvalue weighted by molar-refractivity contribution is 4.80. The molecule has 0 radical (unpaired) electrons. The summed E-state index contributed by atoms with van der Waals surface area (Å²) in [6.07, 6.45) is -0.0321. The Morgan fingerprint density at radius 1 is 1.29 bits per heavy atom. The van der Waals surface area contributed by atoms with Crippen molar-refractivity contribution in [1.82, 2.24) is 4.90 Å². The Kier molecular flexibility index (Phi) is 3.84. The molecule has 0 aromatic rings. The van der Waals surface area contributed by atoms with Crippen molar-refractivity contribution >= 4 is 0 Å². The summed E-state index contributed by atoms with van der Waals surface area (Å²) in [7, 11) is 0. The molecule has 1 rings (SSSR count). The van der Waals surface area contributed by atoms with Gasteiger partial charge in [0.2, 0.25) is 0 Å². The first-order valence-corrected chi connectivity index (χ1v) is 5.26. The van der Waals surface area contributed by atoms with Crippen molar-refractivity contribution in [2.45, 2.75) is 38.7 Å². The third-order valence-electron chi connectivity index (χ3n) is 2.91. The van der Waals surface area contributed by atoms with Gasteiger partial charge in [-0.15, -0.1) is 0 Å². The molecule has 0 aromatic heterocycles. The van der Waals surface area contributed by atoms with E-state index < -0.39 is 5.92 Å². The number of hydrogen-bond acceptors (Lipinski definition) is 2. The topological polar surface area (TPSA) is 29.3 Å². The smallest absolute Gasteiger partial charge is 0.250 e. The molecule has 1 saturated heterocycles. The number of hydrogen-bond donors (Lipinski definition) is 1. The van der Waals surface area contributed by atoms with Gasteiger partial charge in [-0.1, -0.05) is 13.8 Å². The molecule has 0 unspecified atom stereocenters. The third kappa shape index (κ3) is 3.50. The first kappa shape index (κ1) is 11.9. The Morgan fingerprint density at radius 2 is 1.79 bits per heavy atom. The molecule has 4 heteroatoms. The molecular formula is C10H20F2N2. The van der Waals surface area contributed by atoms with Crippen LogP contribution in [0.2, 0.25) is 0 Å². The van der Waals surface area contributed by atoms with E-state index in [1.165, 1.54) is 0 Å². The lowest BCUT2D eigenvalue weighted by molar-refractivity contribution is -0.0563. The molecule has 1 atom stereocenters. The fourth-order valence-corrected chi connectivity index (χ4v) is 1.57. The van der Waals surface area contributed by atoms with Gasteiger partial charge in [0.15, 0.2) is 0 Å². The van der Waals surface area contributed by atoms with Gasteiger partial charge in [-0.3, -0.25) is 0 Å². The van der Waals surface area contributed by atoms with E-state index in [0.29, 0.717) is 19.0 Å². The molecule has 84 valence electrons. The summed E-state index contributed by atoms with van der Waals surface area (Å²) in [5, 5.41) is 0. The van der Waals surface area contributed by atoms with E-state index in [1.54, 1.807) is 0 Å². The second-order valence-electron chi connectivity index (χ2n) is 4.56. The molecule has 0 aliphatic carbocycles. The summed E-state index contributed by atoms with van der Waals surface area (Å²) >= 11 is 0. The zero-order valence-corrected chi connectivity index (χ0v) is 8.97. The van der Waals surface area contributed by atoms with Crippen molar-refractivity contribution in [1.29, 1.82) is 0 Å². The lowest BCUT2D eigenvalue weighted by atomic mass is 10.0. The van der Waals surface area contributed by atoms with Crippen LogP contribution in [0.1, 0.15) is 26.7 Å². The zero-order chi connectivity index (χ0) is 10.8. The molecule has 1 aliphatic heterocycles. The first-order chi connectivity index (χ1) is 6.41. The van der Waals surface area contributed by atoms with Crippen LogP contribution in [0.4, 0.5) is 8.78 Å². The van der Waals surface area contributed by atoms with E-state index >= 15 is 0 Å². The lowest BCUT2D eigenvalue weighted by Crippen LogP contribution is -2.46. The van der Waals surface area contributed by atoms with Crippen molar-refractivity contribution in [3.63, 3.8) is 0 Å². The van der Waals surface area contributed by atoms with Crippen molar-refractivity contribution in [2.75, 3.05) is 19.6 Å². The van der Waals surface area contributed by atoms with E-state index in [-0.39, 0.29) is 18.9 Å². The number of nitrogens with zero attached hydrogens (tertiary/aromatic N) is 1. The normalized spacial score (nSPS) is 25.3. The van der Waals surface area contributed by atoms with E-state index in [9.17, 15) is 8.78 Å². The Balaban J connectivity index is 2.29. The Hall–Kier alpha value is -0.220. The number of rotatable bonds is 3. The van der Waals surface area contributed by atoms with Crippen molar-refractivity contribution in [2.24, 2.45) is 11.7 Å². The van der Waals surface area contributed by atoms with Crippen LogP contribution in [0.15, 0.2) is 0 Å². The molecule has 1 heterocycles. The summed E-state index contributed by atoms with van der Waals surface area (Å²) in [6, 6.07) is 0.0988. The Bertz CT molecular complexity index is 173. The maximum Gasteiger partial charge on any atom is 0.250 e. The molecule has 2 N–H and O–H groups in total. The Labute approximate surface area is 84.4 Å². The quantitative estimate of drug-likeness (QED) is 0.761. The van der Waals surface area contributed by atoms with Gasteiger partial charge in [0.05, 0.1) is 0 Å². The van der Waals surface area contributed by atoms with Crippen LogP contribution < -0.4 is 5.73 Å². The van der Waals surface area contributed by atoms with Gasteiger partial charge in [0, 0.05) is 38.5 Å². The minimum absolute atomic E-state index is 0.0161. The van der Waals surface area contributed by atoms with Crippen LogP contribution in [-0.2, 0) is 0 Å². The second-order valence-corrected chi connectivity index (χ2v) is 4.56. The van der Waals surface area contributed by atoms with Crippen LogP contribution in [0.25, 0.3) is 0 Å². The molecule has 2 nitrogen and oxygen atoms in total. The zero-order valence-electron chi connectivity index (χ0n) is 8.97. The van der Waals surface area contributed by atoms with Crippen LogP contribution >= 0.6 is 0 Å². The molecule has 1 aliphatic rings. The predicted octanol–water partition coefficient (Wildman–Crippen LogP) is 1.70. The number of halogens is 2. The van der Waals surface area contributed by atoms with Gasteiger partial charge in [0.25, 0.3) is 5.92 Å². The van der Waals surface area contributed by atoms with Gasteiger partial charge in [-0.25, -0.2) is 8.78 Å². The molecule has 0 amide bonds. The number of piperidine rings is 1. The summed E-state index contributed by atoms with van der Waals surface area (Å²) in [4.78, 5) is 2.04. The highest BCUT2D eigenvalue weighted by Crippen LogP contribution is 2.27. The minimum Gasteiger partial charge on any atom is -0.326 e. The molecular weight excluding hydrogens is 186 g/mol. The summed E-state index contributed by atoms with van der Waals surface area (Å²) in [5.41, 5.74) is 5.89. The average molecular weight is 206 g/mol. The largest absolute Gasteiger partial charge is 0.326 e. The molecule has 14 heavy (non-hydrogen) atoms. The van der Waals surface area contributed by atoms with Crippen molar-refractivity contribution < 1.29 is 8.78 Å². The maximum absolute atomic E-state index is 12.8. The fourth-order valence-electron chi connectivity index (χ4n) is 1.57. The van der Waals surface area contributed by atoms with Gasteiger partial charge >= 0.3 is 0 Å². The number of nitrogens with two attached hydrogens (primary N) is 1. The summed E-state index contributed by atoms with van der Waals surface area (Å²) < 4.78 is 25.6. The van der Waals surface area contributed by atoms with Crippen molar-refractivity contribution in [3.05, 3.63) is 0 Å². The van der Waals surface area contributed by atoms with Crippen LogP contribution in [0.3, 0.4) is 0 Å². The van der Waals surface area contributed by atoms with E-state index in [2.05, 4.69) is 13.8 Å². The second kappa shape index (κ2) is 4.53. The monoisotopic (exact) mass is 206 g/mol. The van der Waals surface area contributed by atoms with Crippen LogP contribution in [-0.4, -0.2) is 36.5 Å². The van der Waals surface area contributed by atoms with E-state index in [1.807, 2.05) is 4.90 Å². The minimum atomic E-state index is -2.45. The first-order valence-electron chi connectivity index (χ1n) is 5.26. The Morgan fingerprint density at radius 3 is 2.21 bits per heavy atom. The highest BCUT2D eigenvalue weighted by Gasteiger charge is 2.34. The standard InChI is InChI=1S/C10H20F2N2/c1-8(2)9(13)7-14-5-3-10(11,12)4-6-14/h8-9H,3-7,13H2,1-2H3/t9-/m1/s1. The van der Waals surface area contributed by atoms with Crippen LogP contribution in [0.5, 0.6) is 0 Å². The van der Waals surface area contributed by atoms with Gasteiger partial charge in [0.1, 0.15) is 0 Å². The number of likely N-dealkylation sites (tertiary alicyclic amines) is 1. The molecule has 1 fully saturated rings.